The molecular weight excluding hydrogens is 769 g/mol. The van der Waals surface area contributed by atoms with E-state index in [1.165, 1.54) is 16.2 Å². The molecule has 17 heteroatoms. The molecule has 308 valence electrons. The van der Waals surface area contributed by atoms with E-state index in [0.717, 1.165) is 49.4 Å². The molecule has 2 aromatic carbocycles. The molecule has 17 nitrogen and oxygen atoms in total. The summed E-state index contributed by atoms with van der Waals surface area (Å²) in [6.07, 6.45) is 10.2. The van der Waals surface area contributed by atoms with Crippen molar-refractivity contribution in [1.82, 2.24) is 43.7 Å². The Balaban J connectivity index is 0.767. The van der Waals surface area contributed by atoms with Gasteiger partial charge in [0, 0.05) is 56.3 Å². The zero-order valence-corrected chi connectivity index (χ0v) is 33.3. The molecule has 1 atom stereocenters. The summed E-state index contributed by atoms with van der Waals surface area (Å²) in [6.45, 7) is 1.45. The van der Waals surface area contributed by atoms with E-state index in [0.29, 0.717) is 52.5 Å². The number of rotatable bonds is 8. The van der Waals surface area contributed by atoms with Crippen LogP contribution in [0.25, 0.3) is 27.6 Å². The number of amides is 4. The summed E-state index contributed by atoms with van der Waals surface area (Å²) >= 11 is 0. The van der Waals surface area contributed by atoms with Gasteiger partial charge in [-0.2, -0.15) is 14.7 Å². The molecule has 9 rings (SSSR count). The van der Waals surface area contributed by atoms with Crippen LogP contribution in [0.15, 0.2) is 65.8 Å². The van der Waals surface area contributed by atoms with Crippen LogP contribution in [-0.4, -0.2) is 95.0 Å². The second kappa shape index (κ2) is 16.1. The predicted molar refractivity (Wildman–Crippen MR) is 219 cm³/mol. The van der Waals surface area contributed by atoms with Gasteiger partial charge in [-0.3, -0.25) is 38.3 Å². The summed E-state index contributed by atoms with van der Waals surface area (Å²) in [4.78, 5) is 70.8. The van der Waals surface area contributed by atoms with Crippen molar-refractivity contribution in [3.63, 3.8) is 0 Å². The normalized spacial score (nSPS) is 20.0. The summed E-state index contributed by atoms with van der Waals surface area (Å²) in [7, 11) is 3.18. The minimum Gasteiger partial charge on any atom is -0.496 e. The number of nitrogens with zero attached hydrogens (tertiary/aromatic N) is 8. The second-order valence-electron chi connectivity index (χ2n) is 15.6. The lowest BCUT2D eigenvalue weighted by Gasteiger charge is -2.36. The maximum atomic E-state index is 13.6. The van der Waals surface area contributed by atoms with Crippen molar-refractivity contribution in [2.45, 2.75) is 69.6 Å². The van der Waals surface area contributed by atoms with Gasteiger partial charge in [-0.05, 0) is 75.3 Å². The smallest absolute Gasteiger partial charge is 0.329 e. The van der Waals surface area contributed by atoms with E-state index in [2.05, 4.69) is 32.6 Å². The first kappa shape index (κ1) is 38.7. The van der Waals surface area contributed by atoms with Crippen molar-refractivity contribution in [1.29, 1.82) is 0 Å². The van der Waals surface area contributed by atoms with Gasteiger partial charge in [0.15, 0.2) is 11.5 Å². The zero-order chi connectivity index (χ0) is 41.5. The van der Waals surface area contributed by atoms with E-state index in [1.807, 2.05) is 21.8 Å². The number of hydrogen-bond acceptors (Lipinski definition) is 10. The van der Waals surface area contributed by atoms with Crippen LogP contribution in [0.2, 0.25) is 0 Å². The van der Waals surface area contributed by atoms with Gasteiger partial charge in [0.25, 0.3) is 5.91 Å². The average Bonchev–Trinajstić information content (AvgIpc) is 3.95. The minimum absolute atomic E-state index is 0.0186. The fourth-order valence-corrected chi connectivity index (χ4v) is 8.85. The first-order valence-corrected chi connectivity index (χ1v) is 20.3. The number of anilines is 1. The average molecular weight is 813 g/mol. The van der Waals surface area contributed by atoms with Crippen molar-refractivity contribution in [3.05, 3.63) is 82.7 Å². The van der Waals surface area contributed by atoms with E-state index < -0.39 is 11.9 Å². The number of piperidine rings is 2. The summed E-state index contributed by atoms with van der Waals surface area (Å²) in [5.74, 6) is 6.09. The van der Waals surface area contributed by atoms with Crippen molar-refractivity contribution in [3.8, 4) is 17.6 Å². The molecule has 1 aliphatic carbocycles. The van der Waals surface area contributed by atoms with E-state index in [1.54, 1.807) is 60.4 Å². The van der Waals surface area contributed by atoms with Gasteiger partial charge in [-0.25, -0.2) is 9.78 Å². The number of aromatic nitrogens is 7. The quantitative estimate of drug-likeness (QED) is 0.169. The Bertz CT molecular complexity index is 2790. The Hall–Kier alpha value is -6.80. The Morgan fingerprint density at radius 1 is 1.00 bits per heavy atom. The first-order chi connectivity index (χ1) is 29.2. The molecule has 1 unspecified atom stereocenters. The minimum atomic E-state index is -0.764. The number of imidazole rings is 2. The molecule has 6 aromatic rings. The molecule has 2 aliphatic heterocycles. The number of imide groups is 1. The predicted octanol–water partition coefficient (Wildman–Crippen LogP) is 3.76. The van der Waals surface area contributed by atoms with Gasteiger partial charge < -0.3 is 19.7 Å². The summed E-state index contributed by atoms with van der Waals surface area (Å²) in [5, 5.41) is 15.2. The standard InChI is InChI=1S/C43H44N10O7/c1-49-39-26(6-3-8-33(39)52(43(49)58)34-14-15-38(54)47-41(34)56)7-5-21-60-30-16-19-50(20-17-30)42(57)27-10-12-29(13-11-27)51-25-28-22-31(35(59-2)23-32(28)48-51)40(55)46-37-24-44-36-9-4-18-45-53(36)37/h3-4,6,8-9,18,22-25,27,29-30,34H,10-17,19-21H2,1-2H3,(H,46,55)(H,47,54,56). The molecule has 2 N–H and O–H groups in total. The number of nitrogens with one attached hydrogen (secondary N) is 2. The van der Waals surface area contributed by atoms with Gasteiger partial charge in [-0.15, -0.1) is 0 Å². The number of hydrogen-bond donors (Lipinski definition) is 2. The Morgan fingerprint density at radius 3 is 2.60 bits per heavy atom. The van der Waals surface area contributed by atoms with E-state index in [9.17, 15) is 24.0 Å². The number of para-hydroxylation sites is 1. The monoisotopic (exact) mass is 812 g/mol. The van der Waals surface area contributed by atoms with Crippen LogP contribution in [0.4, 0.5) is 5.82 Å². The number of aryl methyl sites for hydroxylation is 1. The number of fused-ring (bicyclic) bond motifs is 3. The van der Waals surface area contributed by atoms with Crippen molar-refractivity contribution in [2.24, 2.45) is 13.0 Å². The van der Waals surface area contributed by atoms with E-state index in [-0.39, 0.29) is 60.9 Å². The van der Waals surface area contributed by atoms with Crippen LogP contribution in [0, 0.1) is 17.8 Å². The molecule has 2 saturated heterocycles. The van der Waals surface area contributed by atoms with Crippen molar-refractivity contribution >= 4 is 57.0 Å². The molecular formula is C43H44N10O7. The Labute approximate surface area is 343 Å². The van der Waals surface area contributed by atoms with E-state index in [4.69, 9.17) is 14.6 Å². The topological polar surface area (TPSA) is 189 Å². The third-order valence-electron chi connectivity index (χ3n) is 12.0. The molecule has 0 spiro atoms. The SMILES string of the molecule is COc1cc2nn(C3CCC(C(=O)N4CCC(OCC#Cc5cccc6c5n(C)c(=O)n6C5CCC(=O)NC5=O)CC4)CC3)cc2cc1C(=O)Nc1cnc2cccnn12. The summed E-state index contributed by atoms with van der Waals surface area (Å²) in [5.41, 5.74) is 3.22. The van der Waals surface area contributed by atoms with Gasteiger partial charge in [-0.1, -0.05) is 17.9 Å². The van der Waals surface area contributed by atoms with Gasteiger partial charge >= 0.3 is 5.69 Å². The molecule has 60 heavy (non-hydrogen) atoms. The Morgan fingerprint density at radius 2 is 1.82 bits per heavy atom. The van der Waals surface area contributed by atoms with Crippen LogP contribution in [-0.2, 0) is 26.2 Å². The van der Waals surface area contributed by atoms with Crippen molar-refractivity contribution < 1.29 is 28.7 Å². The molecule has 6 heterocycles. The molecule has 4 aromatic heterocycles. The van der Waals surface area contributed by atoms with Crippen LogP contribution >= 0.6 is 0 Å². The lowest BCUT2D eigenvalue weighted by molar-refractivity contribution is -0.139. The maximum Gasteiger partial charge on any atom is 0.329 e. The lowest BCUT2D eigenvalue weighted by Crippen LogP contribution is -2.44. The van der Waals surface area contributed by atoms with Crippen LogP contribution in [0.1, 0.15) is 79.4 Å². The van der Waals surface area contributed by atoms with Crippen LogP contribution in [0.5, 0.6) is 5.75 Å². The van der Waals surface area contributed by atoms with Gasteiger partial charge in [0.2, 0.25) is 17.7 Å². The highest BCUT2D eigenvalue weighted by Crippen LogP contribution is 2.35. The van der Waals surface area contributed by atoms with Crippen LogP contribution in [0.3, 0.4) is 0 Å². The molecule has 4 amide bonds. The molecule has 0 bridgehead atoms. The number of methoxy groups -OCH3 is 1. The Kier molecular flexibility index (Phi) is 10.4. The third kappa shape index (κ3) is 7.27. The fourth-order valence-electron chi connectivity index (χ4n) is 8.85. The number of benzene rings is 2. The molecule has 0 radical (unpaired) electrons. The second-order valence-corrected chi connectivity index (χ2v) is 15.6. The first-order valence-electron chi connectivity index (χ1n) is 20.3. The fraction of sp³-hybridized carbons (Fsp3) is 0.395. The molecule has 1 saturated carbocycles. The van der Waals surface area contributed by atoms with Crippen LogP contribution < -0.4 is 21.1 Å². The maximum absolute atomic E-state index is 13.6. The highest BCUT2D eigenvalue weighted by Gasteiger charge is 2.34. The number of carbonyl (C=O) groups is 4. The lowest BCUT2D eigenvalue weighted by atomic mass is 9.85. The third-order valence-corrected chi connectivity index (χ3v) is 12.0. The van der Waals surface area contributed by atoms with Gasteiger partial charge in [0.05, 0.1) is 53.1 Å². The highest BCUT2D eigenvalue weighted by molar-refractivity contribution is 6.08. The summed E-state index contributed by atoms with van der Waals surface area (Å²) in [6, 6.07) is 11.9. The largest absolute Gasteiger partial charge is 0.496 e. The number of ether oxygens (including phenoxy) is 2. The highest BCUT2D eigenvalue weighted by atomic mass is 16.5. The zero-order valence-electron chi connectivity index (χ0n) is 33.3. The number of carbonyl (C=O) groups excluding carboxylic acids is 4. The van der Waals surface area contributed by atoms with Gasteiger partial charge in [0.1, 0.15) is 18.4 Å². The summed E-state index contributed by atoms with van der Waals surface area (Å²) < 4.78 is 18.2. The molecule has 3 aliphatic rings. The van der Waals surface area contributed by atoms with E-state index >= 15 is 0 Å². The van der Waals surface area contributed by atoms with Crippen molar-refractivity contribution in [2.75, 3.05) is 32.1 Å². The molecule has 3 fully saturated rings. The number of likely N-dealkylation sites (tertiary alicyclic amines) is 1.